The first kappa shape index (κ1) is 15.3. The molecule has 5 nitrogen and oxygen atoms in total. The molecule has 0 atom stereocenters. The number of hydrogen-bond acceptors (Lipinski definition) is 3. The van der Waals surface area contributed by atoms with E-state index in [2.05, 4.69) is 10.3 Å². The molecule has 0 radical (unpaired) electrons. The van der Waals surface area contributed by atoms with E-state index in [9.17, 15) is 9.18 Å². The molecular weight excluding hydrogens is 299 g/mol. The lowest BCUT2D eigenvalue weighted by Gasteiger charge is -2.04. The zero-order valence-electron chi connectivity index (χ0n) is 12.5. The molecule has 0 spiro atoms. The highest BCUT2D eigenvalue weighted by atomic mass is 19.1. The van der Waals surface area contributed by atoms with Crippen molar-refractivity contribution in [1.29, 1.82) is 0 Å². The van der Waals surface area contributed by atoms with Crippen LogP contribution in [0, 0.1) is 5.82 Å². The van der Waals surface area contributed by atoms with E-state index in [0.29, 0.717) is 42.8 Å². The maximum atomic E-state index is 13.6. The minimum absolute atomic E-state index is 0.258. The van der Waals surface area contributed by atoms with Crippen molar-refractivity contribution in [1.82, 2.24) is 10.3 Å². The second-order valence-electron chi connectivity index (χ2n) is 5.13. The van der Waals surface area contributed by atoms with Crippen molar-refractivity contribution in [3.63, 3.8) is 0 Å². The molecule has 2 aromatic heterocycles. The Morgan fingerprint density at radius 3 is 3.00 bits per heavy atom. The van der Waals surface area contributed by atoms with Gasteiger partial charge in [-0.2, -0.15) is 0 Å². The van der Waals surface area contributed by atoms with Crippen molar-refractivity contribution in [2.45, 2.75) is 13.0 Å². The van der Waals surface area contributed by atoms with Crippen molar-refractivity contribution in [2.75, 3.05) is 13.2 Å². The molecule has 0 unspecified atom stereocenters. The second kappa shape index (κ2) is 7.11. The zero-order chi connectivity index (χ0) is 16.1. The average Bonchev–Trinajstić information content (AvgIpc) is 3.20. The Morgan fingerprint density at radius 2 is 2.22 bits per heavy atom. The van der Waals surface area contributed by atoms with E-state index in [0.717, 1.165) is 5.76 Å². The highest BCUT2D eigenvalue weighted by Gasteiger charge is 2.10. The summed E-state index contributed by atoms with van der Waals surface area (Å²) in [6, 6.07) is 9.88. The Bertz CT molecular complexity index is 780. The van der Waals surface area contributed by atoms with Gasteiger partial charge in [-0.1, -0.05) is 6.07 Å². The van der Waals surface area contributed by atoms with Crippen LogP contribution < -0.4 is 5.32 Å². The summed E-state index contributed by atoms with van der Waals surface area (Å²) in [5, 5.41) is 3.19. The fraction of sp³-hybridized carbons (Fsp3) is 0.235. The molecule has 0 aliphatic rings. The minimum Gasteiger partial charge on any atom is -0.467 e. The molecular formula is C17H17FN2O3. The molecule has 120 valence electrons. The monoisotopic (exact) mass is 316 g/mol. The van der Waals surface area contributed by atoms with Crippen LogP contribution in [0.4, 0.5) is 4.39 Å². The molecule has 0 bridgehead atoms. The number of nitrogens with one attached hydrogen (secondary N) is 2. The standard InChI is InChI=1S/C17H17FN2O3/c18-14-5-1-6-15-13(14)10-16(20-15)17(21)19-7-3-8-22-11-12-4-2-9-23-12/h1-2,4-6,9-10,20H,3,7-8,11H2,(H,19,21). The molecule has 0 fully saturated rings. The smallest absolute Gasteiger partial charge is 0.267 e. The molecule has 6 heteroatoms. The summed E-state index contributed by atoms with van der Waals surface area (Å²) in [4.78, 5) is 14.9. The Balaban J connectivity index is 1.42. The number of fused-ring (bicyclic) bond motifs is 1. The van der Waals surface area contributed by atoms with Crippen molar-refractivity contribution < 1.29 is 18.3 Å². The van der Waals surface area contributed by atoms with E-state index < -0.39 is 0 Å². The Labute approximate surface area is 132 Å². The Kier molecular flexibility index (Phi) is 4.73. The number of aromatic nitrogens is 1. The zero-order valence-corrected chi connectivity index (χ0v) is 12.5. The number of furan rings is 1. The highest BCUT2D eigenvalue weighted by molar-refractivity contribution is 5.98. The lowest BCUT2D eigenvalue weighted by molar-refractivity contribution is 0.0913. The molecule has 3 rings (SSSR count). The predicted octanol–water partition coefficient (Wildman–Crippen LogP) is 3.24. The van der Waals surface area contributed by atoms with E-state index >= 15 is 0 Å². The summed E-state index contributed by atoms with van der Waals surface area (Å²) in [5.74, 6) is 0.171. The maximum Gasteiger partial charge on any atom is 0.267 e. The number of aromatic amines is 1. The average molecular weight is 316 g/mol. The minimum atomic E-state index is -0.343. The fourth-order valence-corrected chi connectivity index (χ4v) is 2.28. The third-order valence-corrected chi connectivity index (χ3v) is 3.43. The van der Waals surface area contributed by atoms with Gasteiger partial charge < -0.3 is 19.5 Å². The third kappa shape index (κ3) is 3.78. The molecule has 3 aromatic rings. The molecule has 1 aromatic carbocycles. The first-order chi connectivity index (χ1) is 11.2. The molecule has 2 heterocycles. The van der Waals surface area contributed by atoms with Gasteiger partial charge in [-0.05, 0) is 36.8 Å². The highest BCUT2D eigenvalue weighted by Crippen LogP contribution is 2.18. The van der Waals surface area contributed by atoms with Crippen LogP contribution in [0.1, 0.15) is 22.7 Å². The number of benzene rings is 1. The van der Waals surface area contributed by atoms with Crippen molar-refractivity contribution in [3.8, 4) is 0 Å². The van der Waals surface area contributed by atoms with Crippen molar-refractivity contribution >= 4 is 16.8 Å². The summed E-state index contributed by atoms with van der Waals surface area (Å²) in [6.45, 7) is 1.42. The van der Waals surface area contributed by atoms with Gasteiger partial charge in [0.25, 0.3) is 5.91 Å². The molecule has 23 heavy (non-hydrogen) atoms. The second-order valence-corrected chi connectivity index (χ2v) is 5.13. The first-order valence-corrected chi connectivity index (χ1v) is 7.39. The molecule has 1 amide bonds. The van der Waals surface area contributed by atoms with Crippen LogP contribution in [0.2, 0.25) is 0 Å². The molecule has 2 N–H and O–H groups in total. The maximum absolute atomic E-state index is 13.6. The van der Waals surface area contributed by atoms with Crippen LogP contribution >= 0.6 is 0 Å². The predicted molar refractivity (Wildman–Crippen MR) is 83.6 cm³/mol. The largest absolute Gasteiger partial charge is 0.467 e. The van der Waals surface area contributed by atoms with Gasteiger partial charge in [0, 0.05) is 24.1 Å². The fourth-order valence-electron chi connectivity index (χ4n) is 2.28. The molecule has 0 saturated carbocycles. The van der Waals surface area contributed by atoms with Gasteiger partial charge in [-0.25, -0.2) is 4.39 Å². The van der Waals surface area contributed by atoms with Crippen molar-refractivity contribution in [3.05, 3.63) is 59.9 Å². The van der Waals surface area contributed by atoms with Crippen LogP contribution in [-0.2, 0) is 11.3 Å². The number of carbonyl (C=O) groups is 1. The quantitative estimate of drug-likeness (QED) is 0.658. The van der Waals surface area contributed by atoms with E-state index in [4.69, 9.17) is 9.15 Å². The third-order valence-electron chi connectivity index (χ3n) is 3.43. The number of carbonyl (C=O) groups excluding carboxylic acids is 1. The van der Waals surface area contributed by atoms with Gasteiger partial charge in [0.1, 0.15) is 23.9 Å². The first-order valence-electron chi connectivity index (χ1n) is 7.39. The number of H-pyrrole nitrogens is 1. The van der Waals surface area contributed by atoms with Crippen LogP contribution in [0.3, 0.4) is 0 Å². The summed E-state index contributed by atoms with van der Waals surface area (Å²) in [6.07, 6.45) is 2.28. The summed E-state index contributed by atoms with van der Waals surface area (Å²) in [7, 11) is 0. The summed E-state index contributed by atoms with van der Waals surface area (Å²) in [5.41, 5.74) is 0.957. The number of rotatable bonds is 7. The van der Waals surface area contributed by atoms with Gasteiger partial charge in [0.15, 0.2) is 0 Å². The normalized spacial score (nSPS) is 11.0. The lowest BCUT2D eigenvalue weighted by atomic mass is 10.2. The van der Waals surface area contributed by atoms with Crippen molar-refractivity contribution in [2.24, 2.45) is 0 Å². The van der Waals surface area contributed by atoms with E-state index in [1.54, 1.807) is 18.4 Å². The van der Waals surface area contributed by atoms with Gasteiger partial charge in [-0.15, -0.1) is 0 Å². The van der Waals surface area contributed by atoms with Gasteiger partial charge in [0.05, 0.1) is 6.26 Å². The van der Waals surface area contributed by atoms with Gasteiger partial charge in [-0.3, -0.25) is 4.79 Å². The lowest BCUT2D eigenvalue weighted by Crippen LogP contribution is -2.25. The molecule has 0 aliphatic heterocycles. The summed E-state index contributed by atoms with van der Waals surface area (Å²) < 4.78 is 24.2. The molecule has 0 aliphatic carbocycles. The van der Waals surface area contributed by atoms with Crippen LogP contribution in [0.25, 0.3) is 10.9 Å². The summed E-state index contributed by atoms with van der Waals surface area (Å²) >= 11 is 0. The van der Waals surface area contributed by atoms with Crippen LogP contribution in [0.5, 0.6) is 0 Å². The van der Waals surface area contributed by atoms with E-state index in [1.165, 1.54) is 12.1 Å². The van der Waals surface area contributed by atoms with Crippen LogP contribution in [0.15, 0.2) is 47.1 Å². The topological polar surface area (TPSA) is 67.3 Å². The van der Waals surface area contributed by atoms with Gasteiger partial charge >= 0.3 is 0 Å². The van der Waals surface area contributed by atoms with E-state index in [1.807, 2.05) is 12.1 Å². The number of hydrogen-bond donors (Lipinski definition) is 2. The van der Waals surface area contributed by atoms with E-state index in [-0.39, 0.29) is 11.7 Å². The van der Waals surface area contributed by atoms with Crippen LogP contribution in [-0.4, -0.2) is 24.0 Å². The number of halogens is 1. The molecule has 0 saturated heterocycles. The SMILES string of the molecule is O=C(NCCCOCc1ccco1)c1cc2c(F)cccc2[nH]1. The number of amides is 1. The Hall–Kier alpha value is -2.60. The Morgan fingerprint density at radius 1 is 1.30 bits per heavy atom. The number of ether oxygens (including phenoxy) is 1. The van der Waals surface area contributed by atoms with Gasteiger partial charge in [0.2, 0.25) is 0 Å².